The molecule has 1 N–H and O–H groups in total. The summed E-state index contributed by atoms with van der Waals surface area (Å²) >= 11 is 0. The number of allylic oxidation sites excluding steroid dienone is 2. The number of fused-ring (bicyclic) bond motifs is 1. The van der Waals surface area contributed by atoms with Gasteiger partial charge in [-0.3, -0.25) is 4.79 Å². The van der Waals surface area contributed by atoms with Crippen LogP contribution < -0.4 is 0 Å². The number of rotatable bonds is 5. The van der Waals surface area contributed by atoms with Crippen LogP contribution in [0.3, 0.4) is 0 Å². The molecule has 1 aliphatic carbocycles. The van der Waals surface area contributed by atoms with Gasteiger partial charge in [-0.2, -0.15) is 0 Å². The highest BCUT2D eigenvalue weighted by molar-refractivity contribution is 6.01. The van der Waals surface area contributed by atoms with Crippen molar-refractivity contribution in [3.8, 4) is 11.3 Å². The summed E-state index contributed by atoms with van der Waals surface area (Å²) < 4.78 is 2.43. The van der Waals surface area contributed by atoms with Crippen molar-refractivity contribution in [2.24, 2.45) is 5.92 Å². The average molecular weight is 359 g/mol. The van der Waals surface area contributed by atoms with Crippen LogP contribution in [0, 0.1) is 5.92 Å². The number of carboxylic acid groups (broad SMARTS) is 1. The van der Waals surface area contributed by atoms with Gasteiger partial charge >= 0.3 is 5.97 Å². The molecule has 4 rings (SSSR count). The van der Waals surface area contributed by atoms with Crippen LogP contribution in [-0.2, 0) is 11.3 Å². The number of carbonyl (C=O) groups is 1. The summed E-state index contributed by atoms with van der Waals surface area (Å²) in [5.74, 6) is -0.931. The van der Waals surface area contributed by atoms with Gasteiger partial charge in [0, 0.05) is 23.0 Å². The minimum atomic E-state index is -0.679. The molecule has 3 heteroatoms. The van der Waals surface area contributed by atoms with E-state index in [2.05, 4.69) is 66.1 Å². The van der Waals surface area contributed by atoms with Crippen LogP contribution in [0.4, 0.5) is 0 Å². The highest BCUT2D eigenvalue weighted by Crippen LogP contribution is 2.42. The van der Waals surface area contributed by atoms with Gasteiger partial charge < -0.3 is 9.67 Å². The van der Waals surface area contributed by atoms with Crippen LogP contribution in [0.1, 0.15) is 38.2 Å². The van der Waals surface area contributed by atoms with Gasteiger partial charge in [-0.1, -0.05) is 61.5 Å². The van der Waals surface area contributed by atoms with E-state index in [1.165, 1.54) is 33.3 Å². The van der Waals surface area contributed by atoms with Crippen molar-refractivity contribution in [2.45, 2.75) is 39.2 Å². The molecule has 2 aromatic carbocycles. The third-order valence-corrected chi connectivity index (χ3v) is 5.55. The molecule has 0 spiro atoms. The fourth-order valence-electron chi connectivity index (χ4n) is 4.27. The Kier molecular flexibility index (Phi) is 4.85. The summed E-state index contributed by atoms with van der Waals surface area (Å²) in [6, 6.07) is 19.2. The van der Waals surface area contributed by atoms with Crippen LogP contribution in [0.25, 0.3) is 27.7 Å². The Bertz CT molecular complexity index is 998. The summed E-state index contributed by atoms with van der Waals surface area (Å²) in [6.45, 7) is 3.18. The topological polar surface area (TPSA) is 42.2 Å². The molecule has 27 heavy (non-hydrogen) atoms. The lowest BCUT2D eigenvalue weighted by Gasteiger charge is -2.20. The van der Waals surface area contributed by atoms with E-state index < -0.39 is 5.97 Å². The lowest BCUT2D eigenvalue weighted by Crippen LogP contribution is -2.15. The van der Waals surface area contributed by atoms with Crippen molar-refractivity contribution in [1.29, 1.82) is 0 Å². The molecule has 0 saturated heterocycles. The number of carboxylic acids is 1. The number of benzene rings is 2. The van der Waals surface area contributed by atoms with E-state index in [0.29, 0.717) is 12.8 Å². The third kappa shape index (κ3) is 3.18. The van der Waals surface area contributed by atoms with Gasteiger partial charge in [0.2, 0.25) is 0 Å². The Hall–Kier alpha value is -2.81. The van der Waals surface area contributed by atoms with Crippen molar-refractivity contribution in [1.82, 2.24) is 4.57 Å². The van der Waals surface area contributed by atoms with E-state index in [0.717, 1.165) is 19.4 Å². The summed E-state index contributed by atoms with van der Waals surface area (Å²) in [6.07, 6.45) is 5.37. The van der Waals surface area contributed by atoms with Crippen LogP contribution in [0.5, 0.6) is 0 Å². The van der Waals surface area contributed by atoms with E-state index >= 15 is 0 Å². The maximum atomic E-state index is 11.4. The van der Waals surface area contributed by atoms with E-state index in [1.54, 1.807) is 0 Å². The molecule has 3 aromatic rings. The normalized spacial score (nSPS) is 17.1. The number of aryl methyl sites for hydroxylation is 1. The van der Waals surface area contributed by atoms with Gasteiger partial charge in [0.05, 0.1) is 11.6 Å². The fourth-order valence-corrected chi connectivity index (χ4v) is 4.27. The molecule has 1 unspecified atom stereocenters. The van der Waals surface area contributed by atoms with Crippen LogP contribution in [-0.4, -0.2) is 15.6 Å². The standard InChI is InChI=1S/C24H25NO2/c1-2-16-25-21-11-7-6-10-20(21)22(23(25)18-8-4-3-5-9-18)17-12-14-19(15-13-17)24(26)27/h3-12,19H,2,13-16H2,1H3,(H,26,27). The van der Waals surface area contributed by atoms with Crippen LogP contribution in [0.15, 0.2) is 60.7 Å². The van der Waals surface area contributed by atoms with Crippen molar-refractivity contribution in [2.75, 3.05) is 0 Å². The Labute approximate surface area is 159 Å². The van der Waals surface area contributed by atoms with Crippen molar-refractivity contribution >= 4 is 22.4 Å². The lowest BCUT2D eigenvalue weighted by atomic mass is 9.85. The smallest absolute Gasteiger partial charge is 0.306 e. The number of nitrogens with zero attached hydrogens (tertiary/aromatic N) is 1. The van der Waals surface area contributed by atoms with Gasteiger partial charge in [0.1, 0.15) is 0 Å². The quantitative estimate of drug-likeness (QED) is 0.608. The van der Waals surface area contributed by atoms with Gasteiger partial charge in [-0.05, 0) is 42.9 Å². The second kappa shape index (κ2) is 7.43. The van der Waals surface area contributed by atoms with Crippen LogP contribution in [0.2, 0.25) is 0 Å². The maximum Gasteiger partial charge on any atom is 0.306 e. The van der Waals surface area contributed by atoms with Crippen molar-refractivity contribution < 1.29 is 9.90 Å². The molecule has 0 radical (unpaired) electrons. The molecule has 1 heterocycles. The van der Waals surface area contributed by atoms with Gasteiger partial charge in [0.15, 0.2) is 0 Å². The highest BCUT2D eigenvalue weighted by Gasteiger charge is 2.26. The first-order valence-corrected chi connectivity index (χ1v) is 9.79. The minimum Gasteiger partial charge on any atom is -0.481 e. The van der Waals surface area contributed by atoms with Gasteiger partial charge in [-0.15, -0.1) is 0 Å². The summed E-state index contributed by atoms with van der Waals surface area (Å²) in [5, 5.41) is 10.6. The molecular formula is C24H25NO2. The molecule has 0 bridgehead atoms. The van der Waals surface area contributed by atoms with Crippen molar-refractivity contribution in [3.63, 3.8) is 0 Å². The Balaban J connectivity index is 1.95. The van der Waals surface area contributed by atoms with Crippen molar-refractivity contribution in [3.05, 3.63) is 66.2 Å². The Morgan fingerprint density at radius 1 is 1.11 bits per heavy atom. The zero-order valence-electron chi connectivity index (χ0n) is 15.7. The third-order valence-electron chi connectivity index (χ3n) is 5.55. The maximum absolute atomic E-state index is 11.4. The molecular weight excluding hydrogens is 334 g/mol. The minimum absolute atomic E-state index is 0.252. The SMILES string of the molecule is CCCn1c(-c2ccccc2)c(C2=CCC(C(=O)O)CC2)c2ccccc21. The molecule has 3 nitrogen and oxygen atoms in total. The second-order valence-corrected chi connectivity index (χ2v) is 7.30. The predicted octanol–water partition coefficient (Wildman–Crippen LogP) is 5.99. The zero-order valence-corrected chi connectivity index (χ0v) is 15.7. The van der Waals surface area contributed by atoms with Gasteiger partial charge in [0.25, 0.3) is 0 Å². The highest BCUT2D eigenvalue weighted by atomic mass is 16.4. The molecule has 0 aliphatic heterocycles. The number of hydrogen-bond donors (Lipinski definition) is 1. The number of hydrogen-bond acceptors (Lipinski definition) is 1. The summed E-state index contributed by atoms with van der Waals surface area (Å²) in [5.41, 5.74) is 6.32. The second-order valence-electron chi connectivity index (χ2n) is 7.30. The first-order chi connectivity index (χ1) is 13.2. The summed E-state index contributed by atoms with van der Waals surface area (Å²) in [7, 11) is 0. The molecule has 138 valence electrons. The number of aliphatic carboxylic acids is 1. The van der Waals surface area contributed by atoms with E-state index in [9.17, 15) is 9.90 Å². The predicted molar refractivity (Wildman–Crippen MR) is 111 cm³/mol. The average Bonchev–Trinajstić information content (AvgIpc) is 3.03. The zero-order chi connectivity index (χ0) is 18.8. The lowest BCUT2D eigenvalue weighted by molar-refractivity contribution is -0.141. The number of para-hydroxylation sites is 1. The van der Waals surface area contributed by atoms with E-state index in [-0.39, 0.29) is 5.92 Å². The Morgan fingerprint density at radius 2 is 1.85 bits per heavy atom. The molecule has 0 saturated carbocycles. The van der Waals surface area contributed by atoms with E-state index in [4.69, 9.17) is 0 Å². The Morgan fingerprint density at radius 3 is 2.52 bits per heavy atom. The monoisotopic (exact) mass is 359 g/mol. The van der Waals surface area contributed by atoms with Crippen LogP contribution >= 0.6 is 0 Å². The summed E-state index contributed by atoms with van der Waals surface area (Å²) in [4.78, 5) is 11.4. The van der Waals surface area contributed by atoms with Gasteiger partial charge in [-0.25, -0.2) is 0 Å². The molecule has 1 atom stereocenters. The number of aromatic nitrogens is 1. The largest absolute Gasteiger partial charge is 0.481 e. The fraction of sp³-hybridized carbons (Fsp3) is 0.292. The van der Waals surface area contributed by atoms with E-state index in [1.807, 2.05) is 6.07 Å². The molecule has 1 aliphatic rings. The first kappa shape index (κ1) is 17.6. The molecule has 0 amide bonds. The molecule has 0 fully saturated rings. The first-order valence-electron chi connectivity index (χ1n) is 9.79. The molecule has 1 aromatic heterocycles.